The Hall–Kier alpha value is -2.15. The number of likely N-dealkylation sites (tertiary alicyclic amines) is 1. The van der Waals surface area contributed by atoms with Gasteiger partial charge in [0.15, 0.2) is 0 Å². The molecule has 1 aliphatic heterocycles. The van der Waals surface area contributed by atoms with E-state index in [1.54, 1.807) is 29.2 Å². The number of nitrogens with one attached hydrogen (secondary N) is 1. The SMILES string of the molecule is CCCN(CCOC)C(=O)N[C@@H]1CCN(C(=O)c2ccc(C)nc2)C1. The Kier molecular flexibility index (Phi) is 7.18. The number of rotatable bonds is 7. The van der Waals surface area contributed by atoms with Gasteiger partial charge < -0.3 is 19.9 Å². The van der Waals surface area contributed by atoms with Crippen molar-refractivity contribution in [2.45, 2.75) is 32.7 Å². The Bertz CT molecular complexity index is 576. The van der Waals surface area contributed by atoms with Gasteiger partial charge in [0.25, 0.3) is 5.91 Å². The van der Waals surface area contributed by atoms with Crippen molar-refractivity contribution in [1.82, 2.24) is 20.1 Å². The van der Waals surface area contributed by atoms with Gasteiger partial charge in [-0.15, -0.1) is 0 Å². The van der Waals surface area contributed by atoms with E-state index in [-0.39, 0.29) is 18.0 Å². The smallest absolute Gasteiger partial charge is 0.317 e. The molecule has 25 heavy (non-hydrogen) atoms. The lowest BCUT2D eigenvalue weighted by atomic mass is 10.2. The third-order valence-electron chi connectivity index (χ3n) is 4.31. The first kappa shape index (κ1) is 19.2. The van der Waals surface area contributed by atoms with Crippen molar-refractivity contribution in [2.24, 2.45) is 0 Å². The molecule has 0 spiro atoms. The number of hydrogen-bond donors (Lipinski definition) is 1. The molecule has 3 amide bonds. The maximum Gasteiger partial charge on any atom is 0.317 e. The number of aromatic nitrogens is 1. The molecule has 7 heteroatoms. The maximum absolute atomic E-state index is 12.5. The van der Waals surface area contributed by atoms with Gasteiger partial charge >= 0.3 is 6.03 Å². The van der Waals surface area contributed by atoms with Crippen molar-refractivity contribution in [1.29, 1.82) is 0 Å². The molecule has 0 bridgehead atoms. The number of nitrogens with zero attached hydrogens (tertiary/aromatic N) is 3. The second-order valence-corrected chi connectivity index (χ2v) is 6.35. The van der Waals surface area contributed by atoms with Gasteiger partial charge in [-0.25, -0.2) is 4.79 Å². The van der Waals surface area contributed by atoms with Crippen molar-refractivity contribution >= 4 is 11.9 Å². The van der Waals surface area contributed by atoms with Gasteiger partial charge in [-0.3, -0.25) is 9.78 Å². The minimum atomic E-state index is -0.0878. The van der Waals surface area contributed by atoms with Gasteiger partial charge in [-0.05, 0) is 31.9 Å². The lowest BCUT2D eigenvalue weighted by Gasteiger charge is -2.24. The van der Waals surface area contributed by atoms with Gasteiger partial charge in [0.2, 0.25) is 0 Å². The molecule has 0 saturated carbocycles. The zero-order chi connectivity index (χ0) is 18.2. The number of carbonyl (C=O) groups is 2. The van der Waals surface area contributed by atoms with Crippen LogP contribution in [0.5, 0.6) is 0 Å². The summed E-state index contributed by atoms with van der Waals surface area (Å²) in [4.78, 5) is 32.7. The highest BCUT2D eigenvalue weighted by Crippen LogP contribution is 2.14. The topological polar surface area (TPSA) is 74.8 Å². The third-order valence-corrected chi connectivity index (χ3v) is 4.31. The van der Waals surface area contributed by atoms with E-state index in [1.165, 1.54) is 0 Å². The number of aryl methyl sites for hydroxylation is 1. The summed E-state index contributed by atoms with van der Waals surface area (Å²) in [6, 6.07) is 3.53. The lowest BCUT2D eigenvalue weighted by molar-refractivity contribution is 0.0788. The van der Waals surface area contributed by atoms with E-state index in [4.69, 9.17) is 4.74 Å². The van der Waals surface area contributed by atoms with Crippen LogP contribution in [0, 0.1) is 6.92 Å². The van der Waals surface area contributed by atoms with E-state index >= 15 is 0 Å². The molecule has 138 valence electrons. The summed E-state index contributed by atoms with van der Waals surface area (Å²) in [7, 11) is 1.63. The van der Waals surface area contributed by atoms with Gasteiger partial charge in [0.1, 0.15) is 0 Å². The average molecular weight is 348 g/mol. The quantitative estimate of drug-likeness (QED) is 0.813. The summed E-state index contributed by atoms with van der Waals surface area (Å²) >= 11 is 0. The highest BCUT2D eigenvalue weighted by atomic mass is 16.5. The number of urea groups is 1. The summed E-state index contributed by atoms with van der Waals surface area (Å²) in [5, 5.41) is 3.04. The average Bonchev–Trinajstić information content (AvgIpc) is 3.07. The number of carbonyl (C=O) groups excluding carboxylic acids is 2. The van der Waals surface area contributed by atoms with Gasteiger partial charge in [0, 0.05) is 51.2 Å². The highest BCUT2D eigenvalue weighted by Gasteiger charge is 2.29. The Labute approximate surface area is 149 Å². The molecular weight excluding hydrogens is 320 g/mol. The van der Waals surface area contributed by atoms with Crippen LogP contribution in [0.4, 0.5) is 4.79 Å². The molecule has 1 aromatic heterocycles. The number of amides is 3. The lowest BCUT2D eigenvalue weighted by Crippen LogP contribution is -2.47. The van der Waals surface area contributed by atoms with Crippen LogP contribution in [0.2, 0.25) is 0 Å². The van der Waals surface area contributed by atoms with E-state index in [1.807, 2.05) is 19.9 Å². The summed E-state index contributed by atoms with van der Waals surface area (Å²) < 4.78 is 5.06. The molecule has 2 rings (SSSR count). The van der Waals surface area contributed by atoms with Crippen molar-refractivity contribution in [3.8, 4) is 0 Å². The van der Waals surface area contributed by atoms with Crippen molar-refractivity contribution in [3.63, 3.8) is 0 Å². The number of methoxy groups -OCH3 is 1. The normalized spacial score (nSPS) is 16.8. The summed E-state index contributed by atoms with van der Waals surface area (Å²) in [5.41, 5.74) is 1.47. The molecule has 7 nitrogen and oxygen atoms in total. The minimum absolute atomic E-state index is 0.0169. The maximum atomic E-state index is 12.5. The van der Waals surface area contributed by atoms with Crippen molar-refractivity contribution < 1.29 is 14.3 Å². The molecule has 1 saturated heterocycles. The molecule has 1 aromatic rings. The standard InChI is InChI=1S/C18H28N4O3/c1-4-8-21(10-11-25-3)18(24)20-16-7-9-22(13-16)17(23)15-6-5-14(2)19-12-15/h5-6,12,16H,4,7-11,13H2,1-3H3,(H,20,24)/t16-/m1/s1. The minimum Gasteiger partial charge on any atom is -0.383 e. The fourth-order valence-corrected chi connectivity index (χ4v) is 2.89. The largest absolute Gasteiger partial charge is 0.383 e. The molecule has 0 aromatic carbocycles. The van der Waals surface area contributed by atoms with Crippen LogP contribution >= 0.6 is 0 Å². The molecule has 0 unspecified atom stereocenters. The van der Waals surface area contributed by atoms with Gasteiger partial charge in [-0.1, -0.05) is 6.92 Å². The predicted molar refractivity (Wildman–Crippen MR) is 95.6 cm³/mol. The molecular formula is C18H28N4O3. The monoisotopic (exact) mass is 348 g/mol. The molecule has 1 atom stereocenters. The van der Waals surface area contributed by atoms with E-state index in [0.29, 0.717) is 38.3 Å². The second-order valence-electron chi connectivity index (χ2n) is 6.35. The zero-order valence-corrected chi connectivity index (χ0v) is 15.3. The Morgan fingerprint density at radius 3 is 2.84 bits per heavy atom. The third kappa shape index (κ3) is 5.42. The summed E-state index contributed by atoms with van der Waals surface area (Å²) in [5.74, 6) is -0.0333. The first-order valence-corrected chi connectivity index (χ1v) is 8.81. The van der Waals surface area contributed by atoms with E-state index in [9.17, 15) is 9.59 Å². The first-order valence-electron chi connectivity index (χ1n) is 8.81. The van der Waals surface area contributed by atoms with Crippen LogP contribution in [0.15, 0.2) is 18.3 Å². The Balaban J connectivity index is 1.87. The molecule has 1 aliphatic rings. The van der Waals surface area contributed by atoms with Crippen LogP contribution < -0.4 is 5.32 Å². The molecule has 2 heterocycles. The highest BCUT2D eigenvalue weighted by molar-refractivity contribution is 5.94. The Morgan fingerprint density at radius 2 is 2.20 bits per heavy atom. The molecule has 1 N–H and O–H groups in total. The fourth-order valence-electron chi connectivity index (χ4n) is 2.89. The van der Waals surface area contributed by atoms with E-state index < -0.39 is 0 Å². The van der Waals surface area contributed by atoms with E-state index in [0.717, 1.165) is 18.5 Å². The van der Waals surface area contributed by atoms with E-state index in [2.05, 4.69) is 10.3 Å². The number of ether oxygens (including phenoxy) is 1. The van der Waals surface area contributed by atoms with Gasteiger partial charge in [0.05, 0.1) is 12.2 Å². The number of pyridine rings is 1. The molecule has 0 aliphatic carbocycles. The zero-order valence-electron chi connectivity index (χ0n) is 15.3. The van der Waals surface area contributed by atoms with Crippen LogP contribution in [-0.4, -0.2) is 72.7 Å². The van der Waals surface area contributed by atoms with Crippen LogP contribution in [-0.2, 0) is 4.74 Å². The van der Waals surface area contributed by atoms with Gasteiger partial charge in [-0.2, -0.15) is 0 Å². The Morgan fingerprint density at radius 1 is 1.40 bits per heavy atom. The van der Waals surface area contributed by atoms with Crippen LogP contribution in [0.3, 0.4) is 0 Å². The van der Waals surface area contributed by atoms with Crippen molar-refractivity contribution in [3.05, 3.63) is 29.6 Å². The molecule has 0 radical (unpaired) electrons. The van der Waals surface area contributed by atoms with Crippen molar-refractivity contribution in [2.75, 3.05) is 39.9 Å². The summed E-state index contributed by atoms with van der Waals surface area (Å²) in [6.07, 6.45) is 3.27. The summed E-state index contributed by atoms with van der Waals surface area (Å²) in [6.45, 7) is 6.88. The fraction of sp³-hybridized carbons (Fsp3) is 0.611. The second kappa shape index (κ2) is 9.36. The first-order chi connectivity index (χ1) is 12.0. The predicted octanol–water partition coefficient (Wildman–Crippen LogP) is 1.67. The van der Waals surface area contributed by atoms with Crippen LogP contribution in [0.1, 0.15) is 35.8 Å². The van der Waals surface area contributed by atoms with Crippen LogP contribution in [0.25, 0.3) is 0 Å². The molecule has 1 fully saturated rings. The number of hydrogen-bond acceptors (Lipinski definition) is 4.